The van der Waals surface area contributed by atoms with Gasteiger partial charge in [-0.3, -0.25) is 0 Å². The van der Waals surface area contributed by atoms with E-state index in [2.05, 4.69) is 10.1 Å². The first-order chi connectivity index (χ1) is 8.33. The Morgan fingerprint density at radius 2 is 2.29 bits per heavy atom. The number of hydrogen-bond donors (Lipinski definition) is 1. The molecule has 0 aliphatic rings. The summed E-state index contributed by atoms with van der Waals surface area (Å²) in [7, 11) is 0. The Morgan fingerprint density at radius 3 is 3.00 bits per heavy atom. The van der Waals surface area contributed by atoms with E-state index in [0.717, 1.165) is 6.42 Å². The quantitative estimate of drug-likeness (QED) is 0.769. The van der Waals surface area contributed by atoms with Gasteiger partial charge in [0.05, 0.1) is 6.54 Å². The van der Waals surface area contributed by atoms with Crippen molar-refractivity contribution in [1.82, 2.24) is 10.1 Å². The van der Waals surface area contributed by atoms with Crippen molar-refractivity contribution in [3.63, 3.8) is 0 Å². The Kier molecular flexibility index (Phi) is 3.89. The van der Waals surface area contributed by atoms with Gasteiger partial charge in [0.1, 0.15) is 12.4 Å². The van der Waals surface area contributed by atoms with Crippen LogP contribution in [0.1, 0.15) is 24.9 Å². The Bertz CT molecular complexity index is 464. The molecule has 0 saturated heterocycles. The van der Waals surface area contributed by atoms with Gasteiger partial charge in [0.25, 0.3) is 5.89 Å². The predicted molar refractivity (Wildman–Crippen MR) is 59.8 cm³/mol. The summed E-state index contributed by atoms with van der Waals surface area (Å²) >= 11 is 0. The Morgan fingerprint density at radius 1 is 1.41 bits per heavy atom. The van der Waals surface area contributed by atoms with Crippen molar-refractivity contribution in [2.24, 2.45) is 5.73 Å². The molecule has 2 aromatic rings. The largest absolute Gasteiger partial charge is 0.455 e. The number of aromatic nitrogens is 2. The molecule has 0 radical (unpaired) electrons. The summed E-state index contributed by atoms with van der Waals surface area (Å²) in [4.78, 5) is 4.16. The molecule has 6 heteroatoms. The molecule has 0 spiro atoms. The van der Waals surface area contributed by atoms with E-state index in [-0.39, 0.29) is 0 Å². The van der Waals surface area contributed by atoms with Crippen LogP contribution in [0.4, 0.5) is 0 Å². The highest BCUT2D eigenvalue weighted by Gasteiger charge is 2.12. The van der Waals surface area contributed by atoms with Crippen molar-refractivity contribution in [3.05, 3.63) is 23.7 Å². The molecule has 0 aliphatic carbocycles. The molecule has 0 amide bonds. The first kappa shape index (κ1) is 11.8. The van der Waals surface area contributed by atoms with Crippen molar-refractivity contribution in [2.45, 2.75) is 26.5 Å². The van der Waals surface area contributed by atoms with E-state index in [9.17, 15) is 0 Å². The van der Waals surface area contributed by atoms with Gasteiger partial charge in [0.2, 0.25) is 0 Å². The van der Waals surface area contributed by atoms with Gasteiger partial charge < -0.3 is 19.4 Å². The van der Waals surface area contributed by atoms with Crippen LogP contribution in [0.2, 0.25) is 0 Å². The first-order valence-corrected chi connectivity index (χ1v) is 5.53. The number of nitrogens with zero attached hydrogens (tertiary/aromatic N) is 2. The molecule has 0 saturated carbocycles. The minimum absolute atomic E-state index is 0.347. The summed E-state index contributed by atoms with van der Waals surface area (Å²) in [6.45, 7) is 3.42. The van der Waals surface area contributed by atoms with Gasteiger partial charge >= 0.3 is 0 Å². The molecule has 0 aliphatic heterocycles. The highest BCUT2D eigenvalue weighted by molar-refractivity contribution is 5.44. The molecule has 0 unspecified atom stereocenters. The molecule has 92 valence electrons. The lowest BCUT2D eigenvalue weighted by molar-refractivity contribution is 0.114. The lowest BCUT2D eigenvalue weighted by Gasteiger charge is -1.95. The van der Waals surface area contributed by atoms with E-state index in [1.807, 2.05) is 6.92 Å². The second-order valence-electron chi connectivity index (χ2n) is 3.54. The molecule has 2 aromatic heterocycles. The normalized spacial score (nSPS) is 10.9. The third-order valence-electron chi connectivity index (χ3n) is 2.12. The second-order valence-corrected chi connectivity index (χ2v) is 3.54. The van der Waals surface area contributed by atoms with E-state index in [0.29, 0.717) is 43.0 Å². The van der Waals surface area contributed by atoms with E-state index in [4.69, 9.17) is 19.4 Å². The van der Waals surface area contributed by atoms with Gasteiger partial charge in [0.15, 0.2) is 11.6 Å². The molecule has 17 heavy (non-hydrogen) atoms. The molecular weight excluding hydrogens is 222 g/mol. The summed E-state index contributed by atoms with van der Waals surface area (Å²) < 4.78 is 15.8. The number of hydrogen-bond acceptors (Lipinski definition) is 6. The fraction of sp³-hybridized carbons (Fsp3) is 0.455. The number of ether oxygens (including phenoxy) is 1. The summed E-state index contributed by atoms with van der Waals surface area (Å²) in [5, 5.41) is 3.80. The van der Waals surface area contributed by atoms with Gasteiger partial charge in [-0.15, -0.1) is 0 Å². The minimum atomic E-state index is 0.347. The average molecular weight is 237 g/mol. The van der Waals surface area contributed by atoms with E-state index >= 15 is 0 Å². The standard InChI is InChI=1S/C11H15N3O3/c1-2-5-15-7-10-13-11(17-14-10)9-4-3-8(6-12)16-9/h3-4H,2,5-7,12H2,1H3. The molecule has 0 aromatic carbocycles. The third kappa shape index (κ3) is 2.92. The zero-order valence-corrected chi connectivity index (χ0v) is 9.68. The third-order valence-corrected chi connectivity index (χ3v) is 2.12. The maximum atomic E-state index is 5.45. The van der Waals surface area contributed by atoms with Crippen LogP contribution in [-0.2, 0) is 17.9 Å². The van der Waals surface area contributed by atoms with Crippen LogP contribution in [0.3, 0.4) is 0 Å². The molecule has 0 atom stereocenters. The van der Waals surface area contributed by atoms with Crippen LogP contribution in [0, 0.1) is 0 Å². The molecule has 2 heterocycles. The Labute approximate surface area is 98.7 Å². The lowest BCUT2D eigenvalue weighted by atomic mass is 10.4. The highest BCUT2D eigenvalue weighted by atomic mass is 16.5. The molecule has 6 nitrogen and oxygen atoms in total. The average Bonchev–Trinajstić information content (AvgIpc) is 2.97. The van der Waals surface area contributed by atoms with Gasteiger partial charge in [-0.25, -0.2) is 0 Å². The zero-order valence-electron chi connectivity index (χ0n) is 9.68. The van der Waals surface area contributed by atoms with E-state index in [1.54, 1.807) is 12.1 Å². The topological polar surface area (TPSA) is 87.3 Å². The van der Waals surface area contributed by atoms with Crippen molar-refractivity contribution >= 4 is 0 Å². The van der Waals surface area contributed by atoms with Crippen molar-refractivity contribution < 1.29 is 13.7 Å². The molecule has 2 N–H and O–H groups in total. The van der Waals surface area contributed by atoms with Crippen LogP contribution in [-0.4, -0.2) is 16.7 Å². The molecular formula is C11H15N3O3. The van der Waals surface area contributed by atoms with Gasteiger partial charge in [-0.2, -0.15) is 4.98 Å². The summed E-state index contributed by atoms with van der Waals surface area (Å²) in [6, 6.07) is 3.54. The lowest BCUT2D eigenvalue weighted by Crippen LogP contribution is -1.95. The van der Waals surface area contributed by atoms with E-state index < -0.39 is 0 Å². The van der Waals surface area contributed by atoms with E-state index in [1.165, 1.54) is 0 Å². The molecule has 0 fully saturated rings. The predicted octanol–water partition coefficient (Wildman–Crippen LogP) is 1.71. The van der Waals surface area contributed by atoms with Crippen LogP contribution >= 0.6 is 0 Å². The van der Waals surface area contributed by atoms with Crippen LogP contribution in [0.5, 0.6) is 0 Å². The highest BCUT2D eigenvalue weighted by Crippen LogP contribution is 2.20. The molecule has 0 bridgehead atoms. The summed E-state index contributed by atoms with van der Waals surface area (Å²) in [5.74, 6) is 2.07. The summed E-state index contributed by atoms with van der Waals surface area (Å²) in [6.07, 6.45) is 0.961. The van der Waals surface area contributed by atoms with Gasteiger partial charge in [0, 0.05) is 6.61 Å². The smallest absolute Gasteiger partial charge is 0.293 e. The maximum Gasteiger partial charge on any atom is 0.293 e. The van der Waals surface area contributed by atoms with Crippen LogP contribution < -0.4 is 5.73 Å². The second kappa shape index (κ2) is 5.60. The van der Waals surface area contributed by atoms with Gasteiger partial charge in [-0.05, 0) is 18.6 Å². The fourth-order valence-corrected chi connectivity index (χ4v) is 1.32. The van der Waals surface area contributed by atoms with Crippen molar-refractivity contribution in [3.8, 4) is 11.7 Å². The Balaban J connectivity index is 2.02. The fourth-order valence-electron chi connectivity index (χ4n) is 1.32. The van der Waals surface area contributed by atoms with Crippen molar-refractivity contribution in [2.75, 3.05) is 6.61 Å². The van der Waals surface area contributed by atoms with Crippen LogP contribution in [0.25, 0.3) is 11.7 Å². The SMILES string of the molecule is CCCOCc1noc(-c2ccc(CN)o2)n1. The molecule has 2 rings (SSSR count). The number of nitrogens with two attached hydrogens (primary N) is 1. The van der Waals surface area contributed by atoms with Gasteiger partial charge in [-0.1, -0.05) is 12.1 Å². The number of rotatable bonds is 6. The monoisotopic (exact) mass is 237 g/mol. The van der Waals surface area contributed by atoms with Crippen LogP contribution in [0.15, 0.2) is 21.1 Å². The Hall–Kier alpha value is -1.66. The van der Waals surface area contributed by atoms with Crippen molar-refractivity contribution in [1.29, 1.82) is 0 Å². The maximum absolute atomic E-state index is 5.45. The zero-order chi connectivity index (χ0) is 12.1. The summed E-state index contributed by atoms with van der Waals surface area (Å²) in [5.41, 5.74) is 5.45. The first-order valence-electron chi connectivity index (χ1n) is 5.53. The minimum Gasteiger partial charge on any atom is -0.455 e. The number of furan rings is 1.